The van der Waals surface area contributed by atoms with Gasteiger partial charge in [0.2, 0.25) is 5.91 Å². The summed E-state index contributed by atoms with van der Waals surface area (Å²) in [4.78, 5) is 11.9. The van der Waals surface area contributed by atoms with E-state index < -0.39 is 0 Å². The normalized spacial score (nSPS) is 16.7. The van der Waals surface area contributed by atoms with Gasteiger partial charge in [-0.1, -0.05) is 34.1 Å². The third-order valence-electron chi connectivity index (χ3n) is 3.93. The lowest BCUT2D eigenvalue weighted by atomic mass is 9.96. The number of amides is 1. The van der Waals surface area contributed by atoms with E-state index in [1.165, 1.54) is 5.56 Å². The Kier molecular flexibility index (Phi) is 7.13. The topological polar surface area (TPSA) is 64.3 Å². The molecule has 4 nitrogen and oxygen atoms in total. The molecule has 21 heavy (non-hydrogen) atoms. The Bertz CT molecular complexity index is 476. The minimum atomic E-state index is -0.200. The average Bonchev–Trinajstić information content (AvgIpc) is 3.24. The van der Waals surface area contributed by atoms with Gasteiger partial charge in [0.25, 0.3) is 0 Å². The molecule has 0 aromatic heterocycles. The molecule has 1 aliphatic carbocycles. The molecule has 0 bridgehead atoms. The summed E-state index contributed by atoms with van der Waals surface area (Å²) in [6.45, 7) is 1.04. The van der Waals surface area contributed by atoms with Crippen molar-refractivity contribution in [2.24, 2.45) is 5.73 Å². The van der Waals surface area contributed by atoms with Crippen LogP contribution in [0, 0.1) is 0 Å². The molecule has 0 aliphatic heterocycles. The second-order valence-corrected chi connectivity index (χ2v) is 6.19. The maximum atomic E-state index is 11.9. The fourth-order valence-corrected chi connectivity index (χ4v) is 3.10. The predicted octanol–water partition coefficient (Wildman–Crippen LogP) is 2.38. The predicted molar refractivity (Wildman–Crippen MR) is 89.8 cm³/mol. The van der Waals surface area contributed by atoms with Crippen LogP contribution in [-0.2, 0) is 14.9 Å². The Hall–Kier alpha value is -0.620. The standard InChI is InChI=1S/C15H21BrN2O2.ClH/c1-20-11(9-17)8-14(19)18-10-15(6-7-15)12-4-2-3-5-13(12)16;/h2-5,11H,6-10,17H2,1H3,(H,18,19);1H. The maximum Gasteiger partial charge on any atom is 0.222 e. The molecule has 3 N–H and O–H groups in total. The summed E-state index contributed by atoms with van der Waals surface area (Å²) in [6.07, 6.45) is 2.34. The van der Waals surface area contributed by atoms with E-state index in [4.69, 9.17) is 10.5 Å². The number of hydrogen-bond acceptors (Lipinski definition) is 3. The fourth-order valence-electron chi connectivity index (χ4n) is 2.39. The maximum absolute atomic E-state index is 11.9. The van der Waals surface area contributed by atoms with Gasteiger partial charge >= 0.3 is 0 Å². The van der Waals surface area contributed by atoms with Crippen LogP contribution in [0.5, 0.6) is 0 Å². The Morgan fingerprint density at radius 2 is 2.14 bits per heavy atom. The number of carbonyl (C=O) groups is 1. The second-order valence-electron chi connectivity index (χ2n) is 5.33. The van der Waals surface area contributed by atoms with Gasteiger partial charge in [-0.25, -0.2) is 0 Å². The summed E-state index contributed by atoms with van der Waals surface area (Å²) in [5, 5.41) is 3.01. The molecule has 0 spiro atoms. The van der Waals surface area contributed by atoms with Gasteiger partial charge in [-0.2, -0.15) is 0 Å². The summed E-state index contributed by atoms with van der Waals surface area (Å²) in [5.74, 6) is 0.000582. The first-order valence-corrected chi connectivity index (χ1v) is 7.65. The number of benzene rings is 1. The van der Waals surface area contributed by atoms with Crippen molar-refractivity contribution in [1.82, 2.24) is 5.32 Å². The highest BCUT2D eigenvalue weighted by Crippen LogP contribution is 2.49. The van der Waals surface area contributed by atoms with Crippen molar-refractivity contribution in [2.45, 2.75) is 30.8 Å². The summed E-state index contributed by atoms with van der Waals surface area (Å²) in [5.41, 5.74) is 6.90. The van der Waals surface area contributed by atoms with Crippen molar-refractivity contribution in [3.8, 4) is 0 Å². The SMILES string of the molecule is COC(CN)CC(=O)NCC1(c2ccccc2Br)CC1.Cl. The van der Waals surface area contributed by atoms with E-state index in [0.29, 0.717) is 19.5 Å². The summed E-state index contributed by atoms with van der Waals surface area (Å²) in [7, 11) is 1.58. The largest absolute Gasteiger partial charge is 0.380 e. The lowest BCUT2D eigenvalue weighted by Gasteiger charge is -2.19. The average molecular weight is 378 g/mol. The molecular formula is C15H22BrClN2O2. The minimum Gasteiger partial charge on any atom is -0.380 e. The fraction of sp³-hybridized carbons (Fsp3) is 0.533. The summed E-state index contributed by atoms with van der Waals surface area (Å²) >= 11 is 3.59. The van der Waals surface area contributed by atoms with Crippen molar-refractivity contribution in [1.29, 1.82) is 0 Å². The molecule has 1 unspecified atom stereocenters. The molecule has 1 fully saturated rings. The van der Waals surface area contributed by atoms with Crippen molar-refractivity contribution in [3.05, 3.63) is 34.3 Å². The van der Waals surface area contributed by atoms with E-state index >= 15 is 0 Å². The molecular weight excluding hydrogens is 356 g/mol. The van der Waals surface area contributed by atoms with Crippen LogP contribution in [0.1, 0.15) is 24.8 Å². The number of halogens is 2. The van der Waals surface area contributed by atoms with E-state index in [-0.39, 0.29) is 29.8 Å². The molecule has 0 radical (unpaired) electrons. The van der Waals surface area contributed by atoms with E-state index in [0.717, 1.165) is 17.3 Å². The Morgan fingerprint density at radius 1 is 1.48 bits per heavy atom. The molecule has 1 atom stereocenters. The van der Waals surface area contributed by atoms with E-state index in [9.17, 15) is 4.79 Å². The van der Waals surface area contributed by atoms with Crippen molar-refractivity contribution >= 4 is 34.2 Å². The molecule has 6 heteroatoms. The molecule has 0 saturated heterocycles. The smallest absolute Gasteiger partial charge is 0.222 e. The van der Waals surface area contributed by atoms with Crippen LogP contribution in [0.25, 0.3) is 0 Å². The number of nitrogens with one attached hydrogen (secondary N) is 1. The van der Waals surface area contributed by atoms with Crippen LogP contribution in [-0.4, -0.2) is 32.2 Å². The number of rotatable bonds is 7. The van der Waals surface area contributed by atoms with Gasteiger partial charge in [-0.05, 0) is 24.5 Å². The molecule has 1 aliphatic rings. The zero-order valence-corrected chi connectivity index (χ0v) is 14.5. The summed E-state index contributed by atoms with van der Waals surface area (Å²) in [6, 6.07) is 8.22. The number of nitrogens with two attached hydrogens (primary N) is 1. The molecule has 118 valence electrons. The Labute approximate surface area is 140 Å². The molecule has 1 aromatic carbocycles. The van der Waals surface area contributed by atoms with Crippen LogP contribution in [0.15, 0.2) is 28.7 Å². The van der Waals surface area contributed by atoms with Crippen LogP contribution in [0.4, 0.5) is 0 Å². The monoisotopic (exact) mass is 376 g/mol. The zero-order valence-electron chi connectivity index (χ0n) is 12.1. The van der Waals surface area contributed by atoms with Gasteiger partial charge in [-0.15, -0.1) is 12.4 Å². The Morgan fingerprint density at radius 3 is 2.67 bits per heavy atom. The number of carbonyl (C=O) groups excluding carboxylic acids is 1. The first-order chi connectivity index (χ1) is 9.61. The zero-order chi connectivity index (χ0) is 14.6. The Balaban J connectivity index is 0.00000220. The van der Waals surface area contributed by atoms with Gasteiger partial charge < -0.3 is 15.8 Å². The van der Waals surface area contributed by atoms with Gasteiger partial charge in [-0.3, -0.25) is 4.79 Å². The highest BCUT2D eigenvalue weighted by Gasteiger charge is 2.45. The highest BCUT2D eigenvalue weighted by atomic mass is 79.9. The van der Waals surface area contributed by atoms with E-state index in [2.05, 4.69) is 27.3 Å². The van der Waals surface area contributed by atoms with Crippen molar-refractivity contribution in [3.63, 3.8) is 0 Å². The van der Waals surface area contributed by atoms with Crippen LogP contribution in [0.2, 0.25) is 0 Å². The van der Waals surface area contributed by atoms with Crippen LogP contribution < -0.4 is 11.1 Å². The lowest BCUT2D eigenvalue weighted by molar-refractivity contribution is -0.123. The number of ether oxygens (including phenoxy) is 1. The molecule has 1 aromatic rings. The van der Waals surface area contributed by atoms with Gasteiger partial charge in [0, 0.05) is 30.1 Å². The quantitative estimate of drug-likeness (QED) is 0.767. The van der Waals surface area contributed by atoms with E-state index in [1.54, 1.807) is 7.11 Å². The molecule has 1 saturated carbocycles. The van der Waals surface area contributed by atoms with E-state index in [1.807, 2.05) is 18.2 Å². The third-order valence-corrected chi connectivity index (χ3v) is 4.62. The molecule has 0 heterocycles. The highest BCUT2D eigenvalue weighted by molar-refractivity contribution is 9.10. The first kappa shape index (κ1) is 18.4. The van der Waals surface area contributed by atoms with Gasteiger partial charge in [0.15, 0.2) is 0 Å². The molecule has 1 amide bonds. The summed E-state index contributed by atoms with van der Waals surface area (Å²) < 4.78 is 6.24. The second kappa shape index (κ2) is 8.13. The third kappa shape index (κ3) is 4.68. The van der Waals surface area contributed by atoms with Crippen molar-refractivity contribution < 1.29 is 9.53 Å². The van der Waals surface area contributed by atoms with Gasteiger partial charge in [0.05, 0.1) is 12.5 Å². The van der Waals surface area contributed by atoms with Crippen molar-refractivity contribution in [2.75, 3.05) is 20.2 Å². The van der Waals surface area contributed by atoms with Crippen LogP contribution >= 0.6 is 28.3 Å². The number of hydrogen-bond donors (Lipinski definition) is 2. The lowest BCUT2D eigenvalue weighted by Crippen LogP contribution is -2.36. The number of methoxy groups -OCH3 is 1. The van der Waals surface area contributed by atoms with Gasteiger partial charge in [0.1, 0.15) is 0 Å². The first-order valence-electron chi connectivity index (χ1n) is 6.86. The minimum absolute atomic E-state index is 0. The van der Waals surface area contributed by atoms with Crippen LogP contribution in [0.3, 0.4) is 0 Å². The molecule has 2 rings (SSSR count).